The highest BCUT2D eigenvalue weighted by atomic mass is 16.1. The molecule has 0 unspecified atom stereocenters. The van der Waals surface area contributed by atoms with Crippen LogP contribution in [0.1, 0.15) is 32.6 Å². The van der Waals surface area contributed by atoms with E-state index in [2.05, 4.69) is 0 Å². The molecule has 4 N–H and O–H groups in total. The van der Waals surface area contributed by atoms with Gasteiger partial charge in [0.15, 0.2) is 0 Å². The van der Waals surface area contributed by atoms with Gasteiger partial charge in [0.05, 0.1) is 5.54 Å². The van der Waals surface area contributed by atoms with Crippen LogP contribution in [0.3, 0.4) is 0 Å². The van der Waals surface area contributed by atoms with Gasteiger partial charge in [-0.2, -0.15) is 0 Å². The van der Waals surface area contributed by atoms with Crippen molar-refractivity contribution in [3.05, 3.63) is 0 Å². The molecule has 0 aromatic heterocycles. The molecule has 1 saturated carbocycles. The molecule has 0 aromatic carbocycles. The van der Waals surface area contributed by atoms with Gasteiger partial charge in [0.2, 0.25) is 5.91 Å². The molecule has 1 rings (SSSR count). The van der Waals surface area contributed by atoms with E-state index < -0.39 is 5.54 Å². The lowest BCUT2D eigenvalue weighted by atomic mass is 9.74. The van der Waals surface area contributed by atoms with Crippen LogP contribution in [0.5, 0.6) is 0 Å². The van der Waals surface area contributed by atoms with Crippen LogP contribution in [-0.2, 0) is 4.79 Å². The minimum absolute atomic E-state index is 0.244. The molecule has 0 bridgehead atoms. The molecule has 2 atom stereocenters. The second-order valence-electron chi connectivity index (χ2n) is 3.55. The van der Waals surface area contributed by atoms with Gasteiger partial charge in [0.25, 0.3) is 0 Å². The number of rotatable bonds is 1. The Bertz CT molecular complexity index is 169. The van der Waals surface area contributed by atoms with Crippen molar-refractivity contribution in [3.8, 4) is 0 Å². The van der Waals surface area contributed by atoms with Crippen molar-refractivity contribution in [2.45, 2.75) is 38.1 Å². The van der Waals surface area contributed by atoms with E-state index >= 15 is 0 Å². The smallest absolute Gasteiger partial charge is 0.237 e. The van der Waals surface area contributed by atoms with Gasteiger partial charge in [-0.05, 0) is 18.8 Å². The van der Waals surface area contributed by atoms with E-state index in [-0.39, 0.29) is 11.8 Å². The van der Waals surface area contributed by atoms with Gasteiger partial charge in [-0.15, -0.1) is 0 Å². The number of primary amides is 1. The van der Waals surface area contributed by atoms with Crippen LogP contribution < -0.4 is 11.5 Å². The van der Waals surface area contributed by atoms with Crippen LogP contribution in [0.25, 0.3) is 0 Å². The van der Waals surface area contributed by atoms with Crippen molar-refractivity contribution in [2.24, 2.45) is 17.4 Å². The zero-order valence-electron chi connectivity index (χ0n) is 6.97. The Balaban J connectivity index is 2.72. The van der Waals surface area contributed by atoms with Crippen LogP contribution in [0.4, 0.5) is 0 Å². The number of nitrogens with two attached hydrogens (primary N) is 2. The molecule has 3 nitrogen and oxygen atoms in total. The predicted octanol–water partition coefficient (Wildman–Crippen LogP) is 0.379. The SMILES string of the molecule is C[C@H]1CCCC[C@@]1(N)C(N)=O. The first-order valence-electron chi connectivity index (χ1n) is 4.16. The summed E-state index contributed by atoms with van der Waals surface area (Å²) in [6.07, 6.45) is 3.99. The lowest BCUT2D eigenvalue weighted by Gasteiger charge is -2.36. The zero-order valence-corrected chi connectivity index (χ0v) is 6.97. The van der Waals surface area contributed by atoms with E-state index in [1.807, 2.05) is 6.92 Å². The van der Waals surface area contributed by atoms with E-state index in [9.17, 15) is 4.79 Å². The second kappa shape index (κ2) is 2.81. The van der Waals surface area contributed by atoms with Gasteiger partial charge >= 0.3 is 0 Å². The summed E-state index contributed by atoms with van der Waals surface area (Å²) >= 11 is 0. The highest BCUT2D eigenvalue weighted by Gasteiger charge is 2.39. The van der Waals surface area contributed by atoms with Crippen LogP contribution in [0, 0.1) is 5.92 Å². The van der Waals surface area contributed by atoms with Gasteiger partial charge in [0, 0.05) is 0 Å². The van der Waals surface area contributed by atoms with E-state index in [1.54, 1.807) is 0 Å². The number of hydrogen-bond donors (Lipinski definition) is 2. The Morgan fingerprint density at radius 3 is 2.55 bits per heavy atom. The quantitative estimate of drug-likeness (QED) is 0.576. The average Bonchev–Trinajstić information content (AvgIpc) is 1.95. The summed E-state index contributed by atoms with van der Waals surface area (Å²) < 4.78 is 0. The third-order valence-electron chi connectivity index (χ3n) is 2.82. The fourth-order valence-electron chi connectivity index (χ4n) is 1.74. The summed E-state index contributed by atoms with van der Waals surface area (Å²) in [5, 5.41) is 0. The fraction of sp³-hybridized carbons (Fsp3) is 0.875. The molecule has 0 saturated heterocycles. The van der Waals surface area contributed by atoms with Crippen LogP contribution in [0.15, 0.2) is 0 Å². The molecule has 1 aliphatic rings. The third kappa shape index (κ3) is 1.38. The molecule has 0 aromatic rings. The molecule has 1 amide bonds. The lowest BCUT2D eigenvalue weighted by Crippen LogP contribution is -2.57. The maximum atomic E-state index is 11.0. The Labute approximate surface area is 67.1 Å². The van der Waals surface area contributed by atoms with E-state index in [4.69, 9.17) is 11.5 Å². The Hall–Kier alpha value is -0.570. The van der Waals surface area contributed by atoms with Crippen molar-refractivity contribution in [2.75, 3.05) is 0 Å². The predicted molar refractivity (Wildman–Crippen MR) is 43.7 cm³/mol. The van der Waals surface area contributed by atoms with E-state index in [0.717, 1.165) is 19.3 Å². The van der Waals surface area contributed by atoms with Crippen molar-refractivity contribution >= 4 is 5.91 Å². The summed E-state index contributed by atoms with van der Waals surface area (Å²) in [4.78, 5) is 11.0. The molecule has 0 spiro atoms. The van der Waals surface area contributed by atoms with Crippen molar-refractivity contribution in [1.82, 2.24) is 0 Å². The molecule has 1 aliphatic carbocycles. The summed E-state index contributed by atoms with van der Waals surface area (Å²) in [6, 6.07) is 0. The van der Waals surface area contributed by atoms with Gasteiger partial charge in [-0.3, -0.25) is 4.79 Å². The molecule has 0 radical (unpaired) electrons. The maximum absolute atomic E-state index is 11.0. The molecule has 11 heavy (non-hydrogen) atoms. The molecular weight excluding hydrogens is 140 g/mol. The van der Waals surface area contributed by atoms with Crippen molar-refractivity contribution in [1.29, 1.82) is 0 Å². The second-order valence-corrected chi connectivity index (χ2v) is 3.55. The largest absolute Gasteiger partial charge is 0.368 e. The molecule has 3 heteroatoms. The molecule has 0 heterocycles. The summed E-state index contributed by atoms with van der Waals surface area (Å²) in [5.74, 6) is -0.0987. The monoisotopic (exact) mass is 156 g/mol. The number of amides is 1. The maximum Gasteiger partial charge on any atom is 0.237 e. The van der Waals surface area contributed by atoms with E-state index in [1.165, 1.54) is 6.42 Å². The van der Waals surface area contributed by atoms with Crippen LogP contribution >= 0.6 is 0 Å². The topological polar surface area (TPSA) is 69.1 Å². The number of carbonyl (C=O) groups is 1. The highest BCUT2D eigenvalue weighted by molar-refractivity contribution is 5.84. The minimum atomic E-state index is -0.724. The molecular formula is C8H16N2O. The molecule has 0 aliphatic heterocycles. The Morgan fingerprint density at radius 2 is 2.18 bits per heavy atom. The molecule has 64 valence electrons. The summed E-state index contributed by atoms with van der Waals surface area (Å²) in [6.45, 7) is 2.00. The first-order chi connectivity index (χ1) is 5.07. The van der Waals surface area contributed by atoms with Gasteiger partial charge in [-0.1, -0.05) is 19.8 Å². The zero-order chi connectivity index (χ0) is 8.48. The van der Waals surface area contributed by atoms with Gasteiger partial charge in [-0.25, -0.2) is 0 Å². The normalized spacial score (nSPS) is 38.5. The van der Waals surface area contributed by atoms with Crippen LogP contribution in [0.2, 0.25) is 0 Å². The average molecular weight is 156 g/mol. The summed E-state index contributed by atoms with van der Waals surface area (Å²) in [5.41, 5.74) is 10.4. The summed E-state index contributed by atoms with van der Waals surface area (Å²) in [7, 11) is 0. The third-order valence-corrected chi connectivity index (χ3v) is 2.82. The fourth-order valence-corrected chi connectivity index (χ4v) is 1.74. The Morgan fingerprint density at radius 1 is 1.55 bits per heavy atom. The number of hydrogen-bond acceptors (Lipinski definition) is 2. The number of carbonyl (C=O) groups excluding carboxylic acids is 1. The minimum Gasteiger partial charge on any atom is -0.368 e. The van der Waals surface area contributed by atoms with E-state index in [0.29, 0.717) is 0 Å². The Kier molecular flexibility index (Phi) is 2.18. The van der Waals surface area contributed by atoms with Gasteiger partial charge < -0.3 is 11.5 Å². The van der Waals surface area contributed by atoms with Crippen molar-refractivity contribution < 1.29 is 4.79 Å². The van der Waals surface area contributed by atoms with Gasteiger partial charge in [0.1, 0.15) is 0 Å². The first kappa shape index (κ1) is 8.53. The first-order valence-corrected chi connectivity index (χ1v) is 4.16. The van der Waals surface area contributed by atoms with Crippen LogP contribution in [-0.4, -0.2) is 11.4 Å². The highest BCUT2D eigenvalue weighted by Crippen LogP contribution is 2.30. The standard InChI is InChI=1S/C8H16N2O/c1-6-4-2-3-5-8(6,10)7(9)11/h6H,2-5,10H2,1H3,(H2,9,11)/t6-,8-/m0/s1. The molecule has 1 fully saturated rings. The lowest BCUT2D eigenvalue weighted by molar-refractivity contribution is -0.126. The van der Waals surface area contributed by atoms with Crippen molar-refractivity contribution in [3.63, 3.8) is 0 Å².